The first-order chi connectivity index (χ1) is 9.88. The smallest absolute Gasteiger partial charge is 0.203 e. The van der Waals surface area contributed by atoms with Gasteiger partial charge >= 0.3 is 0 Å². The summed E-state index contributed by atoms with van der Waals surface area (Å²) in [5, 5.41) is 3.61. The van der Waals surface area contributed by atoms with Crippen LogP contribution in [-0.4, -0.2) is 40.1 Å². The zero-order valence-corrected chi connectivity index (χ0v) is 12.7. The van der Waals surface area contributed by atoms with Crippen LogP contribution in [0.4, 0.5) is 5.95 Å². The number of likely N-dealkylation sites (N-methyl/N-ethyl adjacent to an activating group) is 1. The molecule has 0 spiro atoms. The first-order valence-corrected chi connectivity index (χ1v) is 8.39. The number of hydrogen-bond donors (Lipinski definition) is 1. The van der Waals surface area contributed by atoms with Gasteiger partial charge in [0.1, 0.15) is 0 Å². The summed E-state index contributed by atoms with van der Waals surface area (Å²) >= 11 is 0. The number of nitrogens with zero attached hydrogens (tertiary/aromatic N) is 3. The minimum Gasteiger partial charge on any atom is -0.354 e. The van der Waals surface area contributed by atoms with Crippen molar-refractivity contribution in [3.63, 3.8) is 0 Å². The molecule has 0 aromatic carbocycles. The summed E-state index contributed by atoms with van der Waals surface area (Å²) in [6.07, 6.45) is 13.5. The number of nitrogens with one attached hydrogen (secondary N) is 1. The maximum absolute atomic E-state index is 4.54. The molecule has 0 radical (unpaired) electrons. The third kappa shape index (κ3) is 3.00. The maximum Gasteiger partial charge on any atom is 0.203 e. The second-order valence-corrected chi connectivity index (χ2v) is 6.26. The van der Waals surface area contributed by atoms with Crippen molar-refractivity contribution in [3.05, 3.63) is 12.4 Å². The van der Waals surface area contributed by atoms with Crippen LogP contribution in [0.1, 0.15) is 57.9 Å². The van der Waals surface area contributed by atoms with E-state index in [0.29, 0.717) is 12.1 Å². The lowest BCUT2D eigenvalue weighted by atomic mass is 9.95. The summed E-state index contributed by atoms with van der Waals surface area (Å²) in [6.45, 7) is 5.74. The molecule has 2 aliphatic rings. The Labute approximate surface area is 122 Å². The van der Waals surface area contributed by atoms with Crippen LogP contribution in [0, 0.1) is 0 Å². The molecule has 0 bridgehead atoms. The fourth-order valence-corrected chi connectivity index (χ4v) is 3.86. The lowest BCUT2D eigenvalue weighted by molar-refractivity contribution is 0.276. The highest BCUT2D eigenvalue weighted by Crippen LogP contribution is 2.30. The molecule has 3 rings (SSSR count). The number of likely N-dealkylation sites (tertiary alicyclic amines) is 1. The third-order valence-corrected chi connectivity index (χ3v) is 5.04. The molecule has 1 atom stereocenters. The first-order valence-electron chi connectivity index (χ1n) is 8.39. The Kier molecular flexibility index (Phi) is 4.61. The highest BCUT2D eigenvalue weighted by molar-refractivity contribution is 5.27. The Morgan fingerprint density at radius 3 is 2.85 bits per heavy atom. The van der Waals surface area contributed by atoms with Crippen molar-refractivity contribution in [3.8, 4) is 0 Å². The summed E-state index contributed by atoms with van der Waals surface area (Å²) in [6, 6.07) is 1.36. The van der Waals surface area contributed by atoms with Crippen molar-refractivity contribution >= 4 is 5.95 Å². The van der Waals surface area contributed by atoms with Crippen molar-refractivity contribution in [1.29, 1.82) is 0 Å². The Balaban J connectivity index is 1.59. The molecule has 1 saturated carbocycles. The van der Waals surface area contributed by atoms with Gasteiger partial charge in [-0.25, -0.2) is 4.98 Å². The number of hydrogen-bond acceptors (Lipinski definition) is 3. The van der Waals surface area contributed by atoms with E-state index in [2.05, 4.69) is 32.9 Å². The molecular formula is C16H28N4. The van der Waals surface area contributed by atoms with E-state index < -0.39 is 0 Å². The zero-order chi connectivity index (χ0) is 13.8. The Hall–Kier alpha value is -1.03. The maximum atomic E-state index is 4.54. The molecule has 0 amide bonds. The van der Waals surface area contributed by atoms with Gasteiger partial charge in [-0.3, -0.25) is 4.90 Å². The molecule has 20 heavy (non-hydrogen) atoms. The standard InChI is InChI=1S/C16H28N4/c1-2-19-11-6-9-15(19)13-18-16-17-10-12-20(16)14-7-4-3-5-8-14/h10,12,14-15H,2-9,11,13H2,1H3,(H,17,18). The molecule has 1 aromatic heterocycles. The highest BCUT2D eigenvalue weighted by Gasteiger charge is 2.23. The van der Waals surface area contributed by atoms with Crippen molar-refractivity contribution < 1.29 is 0 Å². The van der Waals surface area contributed by atoms with Gasteiger partial charge in [-0.1, -0.05) is 26.2 Å². The SMILES string of the molecule is CCN1CCCC1CNc1nccn1C1CCCCC1. The van der Waals surface area contributed by atoms with E-state index in [-0.39, 0.29) is 0 Å². The monoisotopic (exact) mass is 276 g/mol. The van der Waals surface area contributed by atoms with E-state index >= 15 is 0 Å². The zero-order valence-electron chi connectivity index (χ0n) is 12.7. The minimum atomic E-state index is 0.666. The van der Waals surface area contributed by atoms with Gasteiger partial charge < -0.3 is 9.88 Å². The van der Waals surface area contributed by atoms with Gasteiger partial charge in [0.15, 0.2) is 0 Å². The predicted molar refractivity (Wildman–Crippen MR) is 83.1 cm³/mol. The van der Waals surface area contributed by atoms with Crippen molar-refractivity contribution in [2.24, 2.45) is 0 Å². The Bertz CT molecular complexity index is 408. The number of anilines is 1. The van der Waals surface area contributed by atoms with Gasteiger partial charge in [-0.15, -0.1) is 0 Å². The second-order valence-electron chi connectivity index (χ2n) is 6.26. The number of rotatable bonds is 5. The van der Waals surface area contributed by atoms with E-state index in [0.717, 1.165) is 12.5 Å². The molecule has 1 saturated heterocycles. The van der Waals surface area contributed by atoms with Gasteiger partial charge in [0.25, 0.3) is 0 Å². The quantitative estimate of drug-likeness (QED) is 0.896. The Morgan fingerprint density at radius 2 is 2.05 bits per heavy atom. The molecule has 2 fully saturated rings. The normalized spacial score (nSPS) is 25.1. The van der Waals surface area contributed by atoms with Crippen molar-refractivity contribution in [2.75, 3.05) is 25.0 Å². The molecular weight excluding hydrogens is 248 g/mol. The van der Waals surface area contributed by atoms with Crippen LogP contribution < -0.4 is 5.32 Å². The van der Waals surface area contributed by atoms with Gasteiger partial charge in [-0.05, 0) is 38.8 Å². The molecule has 112 valence electrons. The summed E-state index contributed by atoms with van der Waals surface area (Å²) < 4.78 is 2.38. The lowest BCUT2D eigenvalue weighted by Gasteiger charge is -2.26. The second kappa shape index (κ2) is 6.61. The largest absolute Gasteiger partial charge is 0.354 e. The van der Waals surface area contributed by atoms with E-state index in [1.165, 1.54) is 58.0 Å². The molecule has 1 N–H and O–H groups in total. The summed E-state index contributed by atoms with van der Waals surface area (Å²) in [5.41, 5.74) is 0. The third-order valence-electron chi connectivity index (χ3n) is 5.04. The average molecular weight is 276 g/mol. The number of imidazole rings is 1. The minimum absolute atomic E-state index is 0.666. The molecule has 1 aliphatic heterocycles. The van der Waals surface area contributed by atoms with Crippen LogP contribution in [0.15, 0.2) is 12.4 Å². The van der Waals surface area contributed by atoms with Gasteiger partial charge in [-0.2, -0.15) is 0 Å². The van der Waals surface area contributed by atoms with Crippen LogP contribution in [0.2, 0.25) is 0 Å². The van der Waals surface area contributed by atoms with Gasteiger partial charge in [0, 0.05) is 31.0 Å². The van der Waals surface area contributed by atoms with E-state index in [1.807, 2.05) is 6.20 Å². The molecule has 2 heterocycles. The molecule has 1 unspecified atom stereocenters. The van der Waals surface area contributed by atoms with Crippen LogP contribution in [-0.2, 0) is 0 Å². The summed E-state index contributed by atoms with van der Waals surface area (Å²) in [7, 11) is 0. The fraction of sp³-hybridized carbons (Fsp3) is 0.812. The van der Waals surface area contributed by atoms with Crippen LogP contribution in [0.25, 0.3) is 0 Å². The van der Waals surface area contributed by atoms with Crippen LogP contribution in [0.5, 0.6) is 0 Å². The van der Waals surface area contributed by atoms with Crippen LogP contribution in [0.3, 0.4) is 0 Å². The molecule has 4 heteroatoms. The predicted octanol–water partition coefficient (Wildman–Crippen LogP) is 3.28. The van der Waals surface area contributed by atoms with E-state index in [9.17, 15) is 0 Å². The van der Waals surface area contributed by atoms with Crippen molar-refractivity contribution in [1.82, 2.24) is 14.5 Å². The first kappa shape index (κ1) is 13.9. The molecule has 4 nitrogen and oxygen atoms in total. The van der Waals surface area contributed by atoms with Crippen LogP contribution >= 0.6 is 0 Å². The summed E-state index contributed by atoms with van der Waals surface area (Å²) in [5.74, 6) is 1.08. The average Bonchev–Trinajstić information content (AvgIpc) is 3.14. The van der Waals surface area contributed by atoms with Gasteiger partial charge in [0.2, 0.25) is 5.95 Å². The van der Waals surface area contributed by atoms with Gasteiger partial charge in [0.05, 0.1) is 0 Å². The van der Waals surface area contributed by atoms with E-state index in [1.54, 1.807) is 0 Å². The molecule has 1 aliphatic carbocycles. The Morgan fingerprint density at radius 1 is 1.20 bits per heavy atom. The topological polar surface area (TPSA) is 33.1 Å². The fourth-order valence-electron chi connectivity index (χ4n) is 3.86. The molecule has 1 aromatic rings. The highest BCUT2D eigenvalue weighted by atomic mass is 15.2. The summed E-state index contributed by atoms with van der Waals surface area (Å²) in [4.78, 5) is 7.12. The number of aromatic nitrogens is 2. The van der Waals surface area contributed by atoms with E-state index in [4.69, 9.17) is 0 Å². The van der Waals surface area contributed by atoms with Crippen molar-refractivity contribution in [2.45, 2.75) is 64.0 Å². The lowest BCUT2D eigenvalue weighted by Crippen LogP contribution is -2.35.